The Morgan fingerprint density at radius 2 is 1.70 bits per heavy atom. The van der Waals surface area contributed by atoms with Crippen LogP contribution in [0.5, 0.6) is 5.88 Å². The van der Waals surface area contributed by atoms with E-state index in [2.05, 4.69) is 15.2 Å². The van der Waals surface area contributed by atoms with E-state index >= 15 is 8.78 Å². The topological polar surface area (TPSA) is 136 Å². The molecule has 2 N–H and O–H groups in total. The molecule has 4 aromatic rings. The van der Waals surface area contributed by atoms with Crippen LogP contribution in [0.2, 0.25) is 10.0 Å². The normalized spacial score (nSPS) is 16.1. The van der Waals surface area contributed by atoms with Gasteiger partial charge in [0, 0.05) is 61.7 Å². The van der Waals surface area contributed by atoms with Crippen molar-refractivity contribution in [2.45, 2.75) is 18.9 Å². The van der Waals surface area contributed by atoms with E-state index in [1.807, 2.05) is 0 Å². The molecule has 0 bridgehead atoms. The number of aromatic nitrogens is 3. The lowest BCUT2D eigenvalue weighted by Gasteiger charge is -2.41. The molecule has 15 heteroatoms. The van der Waals surface area contributed by atoms with E-state index < -0.39 is 46.2 Å². The summed E-state index contributed by atoms with van der Waals surface area (Å²) in [6.45, 7) is 0.843. The SMILES string of the molecule is COc1nc(-c2ccc(F)c(-c3c(F)ccc(NC(=O)c4cn(C)c(=O)n(C)c4=O)c3Cl)c2Cl)cc2c1C(N1CC(C(=O)O)C1)CC2. The molecule has 3 heterocycles. The zero-order valence-corrected chi connectivity index (χ0v) is 26.7. The number of nitrogens with zero attached hydrogens (tertiary/aromatic N) is 4. The van der Waals surface area contributed by atoms with Crippen molar-refractivity contribution in [1.82, 2.24) is 19.0 Å². The number of aliphatic carboxylic acids is 1. The fourth-order valence-electron chi connectivity index (χ4n) is 6.18. The standard InChI is InChI=1S/C32H27Cl2F2N5O6/c1-39-13-17(30(43)40(2)32(39)46)28(42)37-20-8-7-19(36)25(27(20)34)24-18(35)6-5-16(26(24)33)21-10-14-4-9-22(23(14)29(38-21)47-3)41-11-15(12-41)31(44)45/h5-8,10,13,15,22H,4,9,11-12H2,1-3H3,(H,37,42)(H,44,45). The average molecular weight is 686 g/mol. The van der Waals surface area contributed by atoms with Gasteiger partial charge in [0.15, 0.2) is 0 Å². The molecule has 244 valence electrons. The first-order valence-corrected chi connectivity index (χ1v) is 15.2. The summed E-state index contributed by atoms with van der Waals surface area (Å²) in [6, 6.07) is 6.37. The Kier molecular flexibility index (Phi) is 8.41. The maximum atomic E-state index is 15.5. The number of carbonyl (C=O) groups excluding carboxylic acids is 1. The molecular formula is C32H27Cl2F2N5O6. The molecule has 11 nitrogen and oxygen atoms in total. The van der Waals surface area contributed by atoms with E-state index in [1.165, 1.54) is 27.3 Å². The number of halogens is 4. The number of methoxy groups -OCH3 is 1. The average Bonchev–Trinajstić information content (AvgIpc) is 3.43. The highest BCUT2D eigenvalue weighted by atomic mass is 35.5. The van der Waals surface area contributed by atoms with Gasteiger partial charge < -0.3 is 19.7 Å². The van der Waals surface area contributed by atoms with Gasteiger partial charge in [0.1, 0.15) is 17.2 Å². The maximum Gasteiger partial charge on any atom is 0.330 e. The molecule has 0 radical (unpaired) electrons. The van der Waals surface area contributed by atoms with Crippen LogP contribution >= 0.6 is 23.2 Å². The number of carbonyl (C=O) groups is 2. The van der Waals surface area contributed by atoms with E-state index in [1.54, 1.807) is 6.07 Å². The monoisotopic (exact) mass is 685 g/mol. The van der Waals surface area contributed by atoms with Crippen LogP contribution in [0.1, 0.15) is 33.9 Å². The molecule has 0 saturated carbocycles. The number of likely N-dealkylation sites (tertiary alicyclic amines) is 1. The van der Waals surface area contributed by atoms with Crippen molar-refractivity contribution < 1.29 is 28.2 Å². The van der Waals surface area contributed by atoms with Gasteiger partial charge in [0.05, 0.1) is 34.5 Å². The predicted molar refractivity (Wildman–Crippen MR) is 170 cm³/mol. The number of anilines is 1. The van der Waals surface area contributed by atoms with Crippen LogP contribution in [0.3, 0.4) is 0 Å². The molecule has 1 aliphatic carbocycles. The van der Waals surface area contributed by atoms with Crippen molar-refractivity contribution in [3.05, 3.63) is 95.7 Å². The van der Waals surface area contributed by atoms with Crippen LogP contribution in [0, 0.1) is 17.6 Å². The second-order valence-corrected chi connectivity index (χ2v) is 12.2. The van der Waals surface area contributed by atoms with E-state index in [9.17, 15) is 24.3 Å². The quantitative estimate of drug-likeness (QED) is 0.287. The second-order valence-electron chi connectivity index (χ2n) is 11.5. The Balaban J connectivity index is 1.38. The van der Waals surface area contributed by atoms with E-state index in [-0.39, 0.29) is 38.5 Å². The third kappa shape index (κ3) is 5.47. The fourth-order valence-corrected chi connectivity index (χ4v) is 6.81. The molecule has 1 atom stereocenters. The van der Waals surface area contributed by atoms with Crippen LogP contribution < -0.4 is 21.3 Å². The van der Waals surface area contributed by atoms with Crippen LogP contribution in [0.15, 0.2) is 46.1 Å². The van der Waals surface area contributed by atoms with Crippen molar-refractivity contribution in [2.75, 3.05) is 25.5 Å². The minimum atomic E-state index is -0.930. The summed E-state index contributed by atoms with van der Waals surface area (Å²) >= 11 is 13.4. The summed E-state index contributed by atoms with van der Waals surface area (Å²) in [4.78, 5) is 55.7. The Bertz CT molecular complexity index is 2110. The number of rotatable bonds is 7. The third-order valence-corrected chi connectivity index (χ3v) is 9.46. The molecular weight excluding hydrogens is 659 g/mol. The highest BCUT2D eigenvalue weighted by Gasteiger charge is 2.41. The number of aryl methyl sites for hydroxylation is 2. The molecule has 2 aliphatic rings. The number of carboxylic acids is 1. The van der Waals surface area contributed by atoms with Crippen LogP contribution in [-0.4, -0.2) is 56.2 Å². The van der Waals surface area contributed by atoms with Crippen LogP contribution in [-0.2, 0) is 25.3 Å². The molecule has 47 heavy (non-hydrogen) atoms. The smallest absolute Gasteiger partial charge is 0.330 e. The predicted octanol–water partition coefficient (Wildman–Crippen LogP) is 4.66. The second kappa shape index (κ2) is 12.2. The van der Waals surface area contributed by atoms with Crippen molar-refractivity contribution in [2.24, 2.45) is 20.0 Å². The summed E-state index contributed by atoms with van der Waals surface area (Å²) in [5, 5.41) is 11.2. The van der Waals surface area contributed by atoms with E-state index in [4.69, 9.17) is 27.9 Å². The molecule has 1 unspecified atom stereocenters. The van der Waals surface area contributed by atoms with Gasteiger partial charge in [-0.05, 0) is 48.7 Å². The van der Waals surface area contributed by atoms with Crippen LogP contribution in [0.4, 0.5) is 14.5 Å². The minimum absolute atomic E-state index is 0.0665. The maximum absolute atomic E-state index is 15.5. The van der Waals surface area contributed by atoms with Crippen molar-refractivity contribution in [1.29, 1.82) is 0 Å². The lowest BCUT2D eigenvalue weighted by molar-refractivity contribution is -0.148. The minimum Gasteiger partial charge on any atom is -0.481 e. The summed E-state index contributed by atoms with van der Waals surface area (Å²) in [7, 11) is 4.05. The molecule has 1 amide bonds. The molecule has 2 aromatic heterocycles. The lowest BCUT2D eigenvalue weighted by Crippen LogP contribution is -2.51. The number of hydrogen-bond donors (Lipinski definition) is 2. The number of carboxylic acid groups (broad SMARTS) is 1. The van der Waals surface area contributed by atoms with E-state index in [0.29, 0.717) is 31.1 Å². The Labute approximate surface area is 275 Å². The van der Waals surface area contributed by atoms with Crippen molar-refractivity contribution in [3.63, 3.8) is 0 Å². The zero-order valence-electron chi connectivity index (χ0n) is 25.2. The fraction of sp³-hybridized carbons (Fsp3) is 0.281. The summed E-state index contributed by atoms with van der Waals surface area (Å²) in [6.07, 6.45) is 2.46. The number of amides is 1. The van der Waals surface area contributed by atoms with Gasteiger partial charge in [-0.2, -0.15) is 0 Å². The number of pyridine rings is 1. The largest absolute Gasteiger partial charge is 0.481 e. The van der Waals surface area contributed by atoms with Gasteiger partial charge in [-0.3, -0.25) is 23.9 Å². The highest BCUT2D eigenvalue weighted by Crippen LogP contribution is 2.47. The Morgan fingerprint density at radius 1 is 1.04 bits per heavy atom. The molecule has 0 spiro atoms. The third-order valence-electron chi connectivity index (χ3n) is 8.67. The number of ether oxygens (including phenoxy) is 1. The number of hydrogen-bond acceptors (Lipinski definition) is 7. The summed E-state index contributed by atoms with van der Waals surface area (Å²) in [5.41, 5.74) is -0.446. The molecule has 1 aliphatic heterocycles. The van der Waals surface area contributed by atoms with Gasteiger partial charge in [-0.15, -0.1) is 0 Å². The molecule has 6 rings (SSSR count). The highest BCUT2D eigenvalue weighted by molar-refractivity contribution is 6.39. The molecule has 1 saturated heterocycles. The van der Waals surface area contributed by atoms with Gasteiger partial charge >= 0.3 is 11.7 Å². The van der Waals surface area contributed by atoms with Gasteiger partial charge in [0.25, 0.3) is 11.5 Å². The van der Waals surface area contributed by atoms with Gasteiger partial charge in [-0.25, -0.2) is 18.6 Å². The van der Waals surface area contributed by atoms with Crippen molar-refractivity contribution in [3.8, 4) is 28.3 Å². The summed E-state index contributed by atoms with van der Waals surface area (Å²) < 4.78 is 38.4. The zero-order chi connectivity index (χ0) is 33.9. The molecule has 1 fully saturated rings. The summed E-state index contributed by atoms with van der Waals surface area (Å²) in [5.74, 6) is -3.69. The first-order valence-electron chi connectivity index (χ1n) is 14.4. The van der Waals surface area contributed by atoms with Crippen LogP contribution in [0.25, 0.3) is 22.4 Å². The Morgan fingerprint density at radius 3 is 2.36 bits per heavy atom. The van der Waals surface area contributed by atoms with Gasteiger partial charge in [-0.1, -0.05) is 23.2 Å². The number of fused-ring (bicyclic) bond motifs is 1. The van der Waals surface area contributed by atoms with E-state index in [0.717, 1.165) is 51.1 Å². The number of benzene rings is 2. The first kappa shape index (κ1) is 32.4. The lowest BCUT2D eigenvalue weighted by atomic mass is 9.95. The van der Waals surface area contributed by atoms with Crippen molar-refractivity contribution >= 4 is 40.8 Å². The Hall–Kier alpha value is -4.59. The number of nitrogens with one attached hydrogen (secondary N) is 1. The van der Waals surface area contributed by atoms with Gasteiger partial charge in [0.2, 0.25) is 5.88 Å². The molecule has 2 aromatic carbocycles. The first-order chi connectivity index (χ1) is 22.3.